The van der Waals surface area contributed by atoms with Crippen molar-refractivity contribution in [3.05, 3.63) is 47.3 Å². The van der Waals surface area contributed by atoms with Gasteiger partial charge in [-0.3, -0.25) is 9.59 Å². The lowest BCUT2D eigenvalue weighted by Gasteiger charge is -2.41. The quantitative estimate of drug-likeness (QED) is 0.564. The van der Waals surface area contributed by atoms with Crippen molar-refractivity contribution in [2.75, 3.05) is 26.3 Å². The average molecular weight is 429 g/mol. The van der Waals surface area contributed by atoms with Crippen molar-refractivity contribution >= 4 is 11.9 Å². The van der Waals surface area contributed by atoms with E-state index in [9.17, 15) is 9.59 Å². The molecule has 7 heteroatoms. The van der Waals surface area contributed by atoms with E-state index in [1.165, 1.54) is 0 Å². The molecule has 1 aromatic heterocycles. The number of para-hydroxylation sites is 1. The largest absolute Gasteiger partial charge is 0.494 e. The number of nitrogens with zero attached hydrogens (tertiary/aromatic N) is 2. The van der Waals surface area contributed by atoms with Crippen LogP contribution in [-0.4, -0.2) is 48.2 Å². The fourth-order valence-electron chi connectivity index (χ4n) is 4.23. The van der Waals surface area contributed by atoms with E-state index >= 15 is 0 Å². The molecule has 0 spiro atoms. The second kappa shape index (κ2) is 10.5. The Morgan fingerprint density at radius 2 is 2.00 bits per heavy atom. The summed E-state index contributed by atoms with van der Waals surface area (Å²) in [7, 11) is 0. The number of rotatable bonds is 9. The SMILES string of the molecule is CCOC(=O)[C@@]1(CCOc2ccccc2)CCCN(C(=O)CCc2c(C)noc2C)C1. The van der Waals surface area contributed by atoms with E-state index in [4.69, 9.17) is 14.0 Å². The van der Waals surface area contributed by atoms with Crippen LogP contribution in [0.1, 0.15) is 49.6 Å². The fourth-order valence-corrected chi connectivity index (χ4v) is 4.23. The molecular weight excluding hydrogens is 396 g/mol. The Balaban J connectivity index is 1.64. The maximum Gasteiger partial charge on any atom is 0.314 e. The van der Waals surface area contributed by atoms with Crippen molar-refractivity contribution in [3.8, 4) is 5.75 Å². The first-order valence-electron chi connectivity index (χ1n) is 11.0. The van der Waals surface area contributed by atoms with Gasteiger partial charge >= 0.3 is 5.97 Å². The predicted molar refractivity (Wildman–Crippen MR) is 116 cm³/mol. The van der Waals surface area contributed by atoms with Crippen LogP contribution in [0.25, 0.3) is 0 Å². The minimum absolute atomic E-state index is 0.0392. The summed E-state index contributed by atoms with van der Waals surface area (Å²) < 4.78 is 16.5. The summed E-state index contributed by atoms with van der Waals surface area (Å²) in [6.07, 6.45) is 2.91. The lowest BCUT2D eigenvalue weighted by Crippen LogP contribution is -2.51. The van der Waals surface area contributed by atoms with E-state index in [0.29, 0.717) is 52.0 Å². The summed E-state index contributed by atoms with van der Waals surface area (Å²) in [5.41, 5.74) is 1.07. The highest BCUT2D eigenvalue weighted by atomic mass is 16.5. The first-order valence-corrected chi connectivity index (χ1v) is 11.0. The number of amides is 1. The standard InChI is InChI=1S/C24H32N2O5/c1-4-29-23(28)24(14-16-30-20-9-6-5-7-10-20)13-8-15-26(17-24)22(27)12-11-21-18(2)25-31-19(21)3/h5-7,9-10H,4,8,11-17H2,1-3H3/t24-/m1/s1. The Morgan fingerprint density at radius 1 is 1.23 bits per heavy atom. The van der Waals surface area contributed by atoms with Crippen LogP contribution in [0, 0.1) is 19.3 Å². The molecule has 1 aliphatic heterocycles. The van der Waals surface area contributed by atoms with Gasteiger partial charge < -0.3 is 18.9 Å². The fraction of sp³-hybridized carbons (Fsp3) is 0.542. The van der Waals surface area contributed by atoms with Crippen molar-refractivity contribution < 1.29 is 23.6 Å². The van der Waals surface area contributed by atoms with E-state index in [1.807, 2.05) is 44.2 Å². The summed E-state index contributed by atoms with van der Waals surface area (Å²) in [6, 6.07) is 9.54. The van der Waals surface area contributed by atoms with E-state index in [0.717, 1.165) is 29.2 Å². The Morgan fingerprint density at radius 3 is 2.68 bits per heavy atom. The highest BCUT2D eigenvalue weighted by Crippen LogP contribution is 2.36. The zero-order valence-electron chi connectivity index (χ0n) is 18.7. The Labute approximate surface area is 183 Å². The number of aryl methyl sites for hydroxylation is 2. The number of hydrogen-bond donors (Lipinski definition) is 0. The molecule has 0 aliphatic carbocycles. The molecule has 7 nitrogen and oxygen atoms in total. The Kier molecular flexibility index (Phi) is 7.71. The van der Waals surface area contributed by atoms with Gasteiger partial charge in [0.05, 0.1) is 24.3 Å². The molecule has 1 amide bonds. The van der Waals surface area contributed by atoms with E-state index < -0.39 is 5.41 Å². The third-order valence-electron chi connectivity index (χ3n) is 6.00. The van der Waals surface area contributed by atoms with E-state index in [-0.39, 0.29) is 11.9 Å². The van der Waals surface area contributed by atoms with Gasteiger partial charge in [-0.1, -0.05) is 23.4 Å². The molecule has 1 aromatic carbocycles. The zero-order valence-corrected chi connectivity index (χ0v) is 18.7. The van der Waals surface area contributed by atoms with Crippen molar-refractivity contribution in [1.29, 1.82) is 0 Å². The van der Waals surface area contributed by atoms with Gasteiger partial charge in [0.1, 0.15) is 11.5 Å². The van der Waals surface area contributed by atoms with Crippen LogP contribution in [0.2, 0.25) is 0 Å². The van der Waals surface area contributed by atoms with Crippen LogP contribution in [0.5, 0.6) is 5.75 Å². The monoisotopic (exact) mass is 428 g/mol. The molecule has 31 heavy (non-hydrogen) atoms. The number of benzene rings is 1. The molecule has 1 aliphatic rings. The average Bonchev–Trinajstić information content (AvgIpc) is 3.10. The maximum absolute atomic E-state index is 13.0. The van der Waals surface area contributed by atoms with Crippen LogP contribution in [0.15, 0.2) is 34.9 Å². The molecule has 2 heterocycles. The topological polar surface area (TPSA) is 81.9 Å². The molecule has 2 aromatic rings. The predicted octanol–water partition coefficient (Wildman–Crippen LogP) is 3.87. The number of aromatic nitrogens is 1. The number of esters is 1. The molecule has 0 radical (unpaired) electrons. The third kappa shape index (κ3) is 5.66. The molecule has 0 bridgehead atoms. The smallest absolute Gasteiger partial charge is 0.314 e. The second-order valence-electron chi connectivity index (χ2n) is 8.13. The molecule has 168 valence electrons. The minimum Gasteiger partial charge on any atom is -0.494 e. The van der Waals surface area contributed by atoms with Crippen LogP contribution >= 0.6 is 0 Å². The first kappa shape index (κ1) is 22.8. The summed E-state index contributed by atoms with van der Waals surface area (Å²) in [6.45, 7) is 7.28. The first-order chi connectivity index (χ1) is 14.9. The van der Waals surface area contributed by atoms with Gasteiger partial charge in [-0.05, 0) is 58.6 Å². The zero-order chi connectivity index (χ0) is 22.3. The summed E-state index contributed by atoms with van der Waals surface area (Å²) >= 11 is 0. The van der Waals surface area contributed by atoms with Crippen LogP contribution in [-0.2, 0) is 20.7 Å². The van der Waals surface area contributed by atoms with Crippen molar-refractivity contribution in [1.82, 2.24) is 10.1 Å². The molecule has 0 unspecified atom stereocenters. The molecule has 1 saturated heterocycles. The second-order valence-corrected chi connectivity index (χ2v) is 8.13. The van der Waals surface area contributed by atoms with Crippen molar-refractivity contribution in [2.45, 2.75) is 52.9 Å². The number of carbonyl (C=O) groups is 2. The van der Waals surface area contributed by atoms with Gasteiger partial charge in [-0.15, -0.1) is 0 Å². The van der Waals surface area contributed by atoms with Gasteiger partial charge in [0.15, 0.2) is 0 Å². The van der Waals surface area contributed by atoms with Crippen LogP contribution in [0.4, 0.5) is 0 Å². The summed E-state index contributed by atoms with van der Waals surface area (Å²) in [5, 5.41) is 3.96. The number of ether oxygens (including phenoxy) is 2. The lowest BCUT2D eigenvalue weighted by molar-refractivity contribution is -0.162. The molecule has 1 atom stereocenters. The van der Waals surface area contributed by atoms with E-state index in [2.05, 4.69) is 5.16 Å². The number of carbonyl (C=O) groups excluding carboxylic acids is 2. The highest BCUT2D eigenvalue weighted by Gasteiger charge is 2.44. The molecule has 0 saturated carbocycles. The lowest BCUT2D eigenvalue weighted by atomic mass is 9.77. The molecular formula is C24H32N2O5. The van der Waals surface area contributed by atoms with Crippen LogP contribution < -0.4 is 4.74 Å². The normalized spacial score (nSPS) is 18.6. The van der Waals surface area contributed by atoms with Crippen molar-refractivity contribution in [2.24, 2.45) is 5.41 Å². The van der Waals surface area contributed by atoms with Gasteiger partial charge in [0.25, 0.3) is 0 Å². The molecule has 1 fully saturated rings. The van der Waals surface area contributed by atoms with Crippen LogP contribution in [0.3, 0.4) is 0 Å². The van der Waals surface area contributed by atoms with E-state index in [1.54, 1.807) is 11.8 Å². The van der Waals surface area contributed by atoms with Crippen molar-refractivity contribution in [3.63, 3.8) is 0 Å². The van der Waals surface area contributed by atoms with Gasteiger partial charge in [-0.25, -0.2) is 0 Å². The highest BCUT2D eigenvalue weighted by molar-refractivity contribution is 5.81. The molecule has 0 N–H and O–H groups in total. The summed E-state index contributed by atoms with van der Waals surface area (Å²) in [5.74, 6) is 1.32. The minimum atomic E-state index is -0.734. The van der Waals surface area contributed by atoms with Gasteiger partial charge in [0.2, 0.25) is 5.91 Å². The third-order valence-corrected chi connectivity index (χ3v) is 6.00. The number of piperidine rings is 1. The maximum atomic E-state index is 13.0. The summed E-state index contributed by atoms with van der Waals surface area (Å²) in [4.78, 5) is 27.7. The Bertz CT molecular complexity index is 860. The number of hydrogen-bond acceptors (Lipinski definition) is 6. The number of likely N-dealkylation sites (tertiary alicyclic amines) is 1. The Hall–Kier alpha value is -2.83. The van der Waals surface area contributed by atoms with Gasteiger partial charge in [-0.2, -0.15) is 0 Å². The van der Waals surface area contributed by atoms with Gasteiger partial charge in [0, 0.05) is 25.1 Å². The molecule has 3 rings (SSSR count).